The molecule has 2 aliphatic heterocycles. The maximum atomic E-state index is 13.7. The number of fused-ring (bicyclic) bond motifs is 2. The fraction of sp³-hybridized carbons (Fsp3) is 0.111. The summed E-state index contributed by atoms with van der Waals surface area (Å²) in [6.07, 6.45) is -10.5. The summed E-state index contributed by atoms with van der Waals surface area (Å²) in [4.78, 5) is 46.7. The number of halogens is 6. The first-order chi connectivity index (χ1) is 13.8. The molecule has 0 amide bonds. The number of carbonyl (C=O) groups is 4. The summed E-state index contributed by atoms with van der Waals surface area (Å²) in [7, 11) is 0. The van der Waals surface area contributed by atoms with Gasteiger partial charge in [0.25, 0.3) is 0 Å². The van der Waals surface area contributed by atoms with Gasteiger partial charge in [-0.1, -0.05) is 6.07 Å². The van der Waals surface area contributed by atoms with E-state index in [1.807, 2.05) is 0 Å². The number of hydrogen-bond acceptors (Lipinski definition) is 6. The summed E-state index contributed by atoms with van der Waals surface area (Å²) < 4.78 is 89.9. The van der Waals surface area contributed by atoms with Gasteiger partial charge in [0.05, 0.1) is 33.4 Å². The standard InChI is InChI=1S/C18H4F6O6/c19-17(20,21)9-4-5(3-8-10(9)15(27)30-14(8)26)6-1-2-7-11(12(6)18(22,23)24)16(28)29-13(7)25/h1-4H. The van der Waals surface area contributed by atoms with E-state index in [1.54, 1.807) is 0 Å². The van der Waals surface area contributed by atoms with E-state index >= 15 is 0 Å². The van der Waals surface area contributed by atoms with Crippen LogP contribution >= 0.6 is 0 Å². The molecule has 4 rings (SSSR count). The van der Waals surface area contributed by atoms with Crippen LogP contribution in [0.5, 0.6) is 0 Å². The molecule has 0 spiro atoms. The van der Waals surface area contributed by atoms with Gasteiger partial charge in [-0.2, -0.15) is 26.3 Å². The van der Waals surface area contributed by atoms with Crippen LogP contribution in [0.1, 0.15) is 52.6 Å². The number of ether oxygens (including phenoxy) is 2. The number of alkyl halides is 6. The molecule has 0 N–H and O–H groups in total. The molecule has 12 heteroatoms. The molecule has 0 unspecified atom stereocenters. The Kier molecular flexibility index (Phi) is 3.86. The van der Waals surface area contributed by atoms with Crippen molar-refractivity contribution in [3.05, 3.63) is 57.6 Å². The lowest BCUT2D eigenvalue weighted by atomic mass is 9.89. The number of hydrogen-bond donors (Lipinski definition) is 0. The van der Waals surface area contributed by atoms with Crippen LogP contribution < -0.4 is 0 Å². The van der Waals surface area contributed by atoms with Gasteiger partial charge in [0.1, 0.15) is 0 Å². The van der Waals surface area contributed by atoms with Crippen LogP contribution in [0.3, 0.4) is 0 Å². The highest BCUT2D eigenvalue weighted by Crippen LogP contribution is 2.45. The van der Waals surface area contributed by atoms with Crippen molar-refractivity contribution in [3.63, 3.8) is 0 Å². The number of rotatable bonds is 1. The fourth-order valence-electron chi connectivity index (χ4n) is 3.30. The first kappa shape index (κ1) is 19.6. The molecular weight excluding hydrogens is 426 g/mol. The molecule has 2 aromatic carbocycles. The van der Waals surface area contributed by atoms with Crippen molar-refractivity contribution in [1.29, 1.82) is 0 Å². The Morgan fingerprint density at radius 1 is 0.600 bits per heavy atom. The van der Waals surface area contributed by atoms with Crippen molar-refractivity contribution >= 4 is 23.9 Å². The maximum absolute atomic E-state index is 13.7. The second-order valence-electron chi connectivity index (χ2n) is 6.21. The number of esters is 4. The van der Waals surface area contributed by atoms with E-state index in [9.17, 15) is 45.5 Å². The van der Waals surface area contributed by atoms with Crippen molar-refractivity contribution in [1.82, 2.24) is 0 Å². The zero-order chi connectivity index (χ0) is 22.2. The molecule has 0 aliphatic carbocycles. The van der Waals surface area contributed by atoms with E-state index in [0.717, 1.165) is 6.07 Å². The van der Waals surface area contributed by atoms with Gasteiger partial charge in [-0.15, -0.1) is 0 Å². The lowest BCUT2D eigenvalue weighted by molar-refractivity contribution is -0.138. The summed E-state index contributed by atoms with van der Waals surface area (Å²) in [6, 6.07) is 2.32. The molecule has 154 valence electrons. The van der Waals surface area contributed by atoms with Gasteiger partial charge in [0.2, 0.25) is 0 Å². The lowest BCUT2D eigenvalue weighted by Gasteiger charge is -2.17. The Labute approximate surface area is 161 Å². The van der Waals surface area contributed by atoms with E-state index < -0.39 is 80.7 Å². The van der Waals surface area contributed by atoms with Crippen molar-refractivity contribution in [2.24, 2.45) is 0 Å². The van der Waals surface area contributed by atoms with Crippen molar-refractivity contribution in [2.45, 2.75) is 12.4 Å². The molecule has 0 saturated heterocycles. The first-order valence-corrected chi connectivity index (χ1v) is 7.83. The summed E-state index contributed by atoms with van der Waals surface area (Å²) in [5.41, 5.74) is -8.94. The van der Waals surface area contributed by atoms with Gasteiger partial charge in [0, 0.05) is 0 Å². The Bertz CT molecular complexity index is 1190. The van der Waals surface area contributed by atoms with Crippen LogP contribution in [0.15, 0.2) is 24.3 Å². The lowest BCUT2D eigenvalue weighted by Crippen LogP contribution is -2.15. The summed E-state index contributed by atoms with van der Waals surface area (Å²) >= 11 is 0. The van der Waals surface area contributed by atoms with Crippen LogP contribution in [0, 0.1) is 0 Å². The third-order valence-corrected chi connectivity index (χ3v) is 4.46. The fourth-order valence-corrected chi connectivity index (χ4v) is 3.30. The molecule has 0 aromatic heterocycles. The molecular formula is C18H4F6O6. The maximum Gasteiger partial charge on any atom is 0.417 e. The summed E-state index contributed by atoms with van der Waals surface area (Å²) in [5.74, 6) is -6.01. The largest absolute Gasteiger partial charge is 0.417 e. The van der Waals surface area contributed by atoms with Crippen LogP contribution in [0.25, 0.3) is 11.1 Å². The minimum atomic E-state index is -5.28. The van der Waals surface area contributed by atoms with Gasteiger partial charge < -0.3 is 9.47 Å². The minimum absolute atomic E-state index is 0.234. The number of benzene rings is 2. The Balaban J connectivity index is 2.08. The summed E-state index contributed by atoms with van der Waals surface area (Å²) in [6.45, 7) is 0. The third-order valence-electron chi connectivity index (χ3n) is 4.46. The van der Waals surface area contributed by atoms with E-state index in [4.69, 9.17) is 0 Å². The molecule has 6 nitrogen and oxygen atoms in total. The number of carbonyl (C=O) groups excluding carboxylic acids is 4. The second kappa shape index (κ2) is 5.90. The van der Waals surface area contributed by atoms with Crippen LogP contribution in [-0.4, -0.2) is 23.9 Å². The van der Waals surface area contributed by atoms with Gasteiger partial charge in [-0.3, -0.25) is 0 Å². The highest BCUT2D eigenvalue weighted by molar-refractivity contribution is 6.18. The summed E-state index contributed by atoms with van der Waals surface area (Å²) in [5, 5.41) is 0. The van der Waals surface area contributed by atoms with E-state index in [-0.39, 0.29) is 6.07 Å². The highest BCUT2D eigenvalue weighted by atomic mass is 19.4. The van der Waals surface area contributed by atoms with Crippen molar-refractivity contribution in [3.8, 4) is 11.1 Å². The van der Waals surface area contributed by atoms with Gasteiger partial charge in [-0.25, -0.2) is 19.2 Å². The van der Waals surface area contributed by atoms with Crippen LogP contribution in [-0.2, 0) is 21.8 Å². The molecule has 2 aliphatic rings. The molecule has 0 atom stereocenters. The molecule has 30 heavy (non-hydrogen) atoms. The molecule has 2 heterocycles. The average molecular weight is 430 g/mol. The average Bonchev–Trinajstić information content (AvgIpc) is 3.07. The normalized spacial score (nSPS) is 15.8. The second-order valence-corrected chi connectivity index (χ2v) is 6.21. The zero-order valence-electron chi connectivity index (χ0n) is 14.0. The Hall–Kier alpha value is -3.70. The molecule has 0 radical (unpaired) electrons. The van der Waals surface area contributed by atoms with Gasteiger partial charge in [-0.05, 0) is 29.3 Å². The predicted molar refractivity (Wildman–Crippen MR) is 81.4 cm³/mol. The monoisotopic (exact) mass is 430 g/mol. The van der Waals surface area contributed by atoms with Crippen LogP contribution in [0.2, 0.25) is 0 Å². The van der Waals surface area contributed by atoms with E-state index in [1.165, 1.54) is 0 Å². The van der Waals surface area contributed by atoms with Crippen molar-refractivity contribution < 1.29 is 55.0 Å². The minimum Gasteiger partial charge on any atom is -0.386 e. The molecule has 2 aromatic rings. The Morgan fingerprint density at radius 3 is 1.70 bits per heavy atom. The smallest absolute Gasteiger partial charge is 0.386 e. The first-order valence-electron chi connectivity index (χ1n) is 7.83. The third kappa shape index (κ3) is 2.75. The predicted octanol–water partition coefficient (Wildman–Crippen LogP) is 4.01. The molecule has 0 fully saturated rings. The van der Waals surface area contributed by atoms with Gasteiger partial charge in [0.15, 0.2) is 0 Å². The van der Waals surface area contributed by atoms with Crippen LogP contribution in [0.4, 0.5) is 26.3 Å². The van der Waals surface area contributed by atoms with E-state index in [2.05, 4.69) is 9.47 Å². The van der Waals surface area contributed by atoms with Crippen molar-refractivity contribution in [2.75, 3.05) is 0 Å². The quantitative estimate of drug-likeness (QED) is 0.386. The van der Waals surface area contributed by atoms with Gasteiger partial charge >= 0.3 is 36.2 Å². The topological polar surface area (TPSA) is 86.7 Å². The number of cyclic esters (lactones) is 4. The molecule has 0 saturated carbocycles. The highest BCUT2D eigenvalue weighted by Gasteiger charge is 2.46. The van der Waals surface area contributed by atoms with E-state index in [0.29, 0.717) is 12.1 Å². The SMILES string of the molecule is O=C1OC(=O)c2c1cc(-c1ccc3c(c1C(F)(F)F)C(=O)OC3=O)cc2C(F)(F)F. The Morgan fingerprint density at radius 2 is 1.13 bits per heavy atom. The molecule has 0 bridgehead atoms. The zero-order valence-corrected chi connectivity index (χ0v) is 14.0.